The normalized spacial score (nSPS) is 20.6. The minimum Gasteiger partial charge on any atom is -0.0620 e. The Balaban J connectivity index is 1.83. The maximum absolute atomic E-state index is 2.50. The lowest BCUT2D eigenvalue weighted by Gasteiger charge is -2.41. The van der Waals surface area contributed by atoms with Gasteiger partial charge in [0.25, 0.3) is 0 Å². The van der Waals surface area contributed by atoms with E-state index in [4.69, 9.17) is 0 Å². The SMILES string of the molecule is CC1c2ccc3ccccc3c2C[P+](c2ccccc2)(c2ccccc2)C1C. The van der Waals surface area contributed by atoms with Gasteiger partial charge in [0, 0.05) is 11.5 Å². The highest BCUT2D eigenvalue weighted by Crippen LogP contribution is 2.69. The Morgan fingerprint density at radius 1 is 0.643 bits per heavy atom. The first-order valence-electron chi connectivity index (χ1n) is 10.2. The minimum absolute atomic E-state index is 0.544. The van der Waals surface area contributed by atoms with Gasteiger partial charge in [-0.15, -0.1) is 0 Å². The Hall–Kier alpha value is -2.43. The molecule has 0 nitrogen and oxygen atoms in total. The number of hydrogen-bond acceptors (Lipinski definition) is 0. The summed E-state index contributed by atoms with van der Waals surface area (Å²) >= 11 is 0. The lowest BCUT2D eigenvalue weighted by atomic mass is 9.90. The second kappa shape index (κ2) is 6.87. The molecule has 0 saturated heterocycles. The molecule has 138 valence electrons. The fraction of sp³-hybridized carbons (Fsp3) is 0.185. The van der Waals surface area contributed by atoms with Crippen molar-refractivity contribution < 1.29 is 0 Å². The molecule has 0 spiro atoms. The van der Waals surface area contributed by atoms with Crippen molar-refractivity contribution in [1.29, 1.82) is 0 Å². The van der Waals surface area contributed by atoms with Gasteiger partial charge in [-0.2, -0.15) is 0 Å². The van der Waals surface area contributed by atoms with E-state index in [1.165, 1.54) is 10.8 Å². The molecular weight excluding hydrogens is 355 g/mol. The summed E-state index contributed by atoms with van der Waals surface area (Å²) in [5.41, 5.74) is 3.74. The zero-order valence-electron chi connectivity index (χ0n) is 16.5. The van der Waals surface area contributed by atoms with Crippen molar-refractivity contribution in [3.8, 4) is 0 Å². The van der Waals surface area contributed by atoms with Crippen molar-refractivity contribution in [3.63, 3.8) is 0 Å². The Labute approximate surface area is 168 Å². The molecule has 2 unspecified atom stereocenters. The zero-order valence-corrected chi connectivity index (χ0v) is 17.4. The second-order valence-corrected chi connectivity index (χ2v) is 12.0. The molecule has 0 amide bonds. The van der Waals surface area contributed by atoms with E-state index in [1.807, 2.05) is 0 Å². The van der Waals surface area contributed by atoms with Gasteiger partial charge in [-0.3, -0.25) is 0 Å². The highest BCUT2D eigenvalue weighted by molar-refractivity contribution is 7.89. The largest absolute Gasteiger partial charge is 0.0998 e. The Bertz CT molecular complexity index is 1080. The topological polar surface area (TPSA) is 0 Å². The first-order valence-corrected chi connectivity index (χ1v) is 12.3. The first kappa shape index (κ1) is 17.7. The van der Waals surface area contributed by atoms with Gasteiger partial charge in [-0.25, -0.2) is 0 Å². The summed E-state index contributed by atoms with van der Waals surface area (Å²) < 4.78 is 0. The van der Waals surface area contributed by atoms with Crippen molar-refractivity contribution in [2.24, 2.45) is 0 Å². The van der Waals surface area contributed by atoms with E-state index >= 15 is 0 Å². The smallest absolute Gasteiger partial charge is 0.0620 e. The van der Waals surface area contributed by atoms with Crippen molar-refractivity contribution in [2.45, 2.75) is 31.6 Å². The molecule has 0 radical (unpaired) electrons. The van der Waals surface area contributed by atoms with Crippen molar-refractivity contribution in [1.82, 2.24) is 0 Å². The molecule has 1 aliphatic rings. The number of rotatable bonds is 2. The van der Waals surface area contributed by atoms with E-state index < -0.39 is 7.26 Å². The summed E-state index contributed by atoms with van der Waals surface area (Å²) in [6.07, 6.45) is 1.16. The fourth-order valence-electron chi connectivity index (χ4n) is 5.18. The maximum atomic E-state index is 2.50. The van der Waals surface area contributed by atoms with Gasteiger partial charge in [0.2, 0.25) is 0 Å². The summed E-state index contributed by atoms with van der Waals surface area (Å²) in [5, 5.41) is 5.88. The molecule has 1 aliphatic heterocycles. The standard InChI is InChI=1S/C27H26P/c1-20-21(2)28(23-12-5-3-6-13-23,24-14-7-4-8-15-24)19-27-25(20)18-17-22-11-9-10-16-26(22)27/h3-18,20-21H,19H2,1-2H3/q+1. The molecule has 0 N–H and O–H groups in total. The summed E-state index contributed by atoms with van der Waals surface area (Å²) in [6.45, 7) is 4.94. The zero-order chi connectivity index (χ0) is 19.1. The number of benzene rings is 4. The van der Waals surface area contributed by atoms with Crippen LogP contribution in [0.25, 0.3) is 10.8 Å². The van der Waals surface area contributed by atoms with Gasteiger partial charge in [0.1, 0.15) is 0 Å². The predicted molar refractivity (Wildman–Crippen MR) is 125 cm³/mol. The Kier molecular flexibility index (Phi) is 4.33. The van der Waals surface area contributed by atoms with Crippen LogP contribution in [0.5, 0.6) is 0 Å². The Morgan fingerprint density at radius 2 is 1.21 bits per heavy atom. The van der Waals surface area contributed by atoms with E-state index in [0.717, 1.165) is 6.16 Å². The third kappa shape index (κ3) is 2.55. The van der Waals surface area contributed by atoms with Crippen LogP contribution in [0.1, 0.15) is 30.9 Å². The average Bonchev–Trinajstić information content (AvgIpc) is 2.77. The molecule has 2 atom stereocenters. The van der Waals surface area contributed by atoms with Crippen LogP contribution in [0.4, 0.5) is 0 Å². The molecule has 4 aromatic carbocycles. The quantitative estimate of drug-likeness (QED) is 0.347. The molecule has 1 heterocycles. The number of fused-ring (bicyclic) bond motifs is 3. The molecule has 0 bridgehead atoms. The molecule has 0 saturated carbocycles. The highest BCUT2D eigenvalue weighted by Gasteiger charge is 2.53. The molecule has 0 fully saturated rings. The van der Waals surface area contributed by atoms with Crippen LogP contribution in [-0.2, 0) is 6.16 Å². The average molecular weight is 381 g/mol. The van der Waals surface area contributed by atoms with Gasteiger partial charge >= 0.3 is 0 Å². The van der Waals surface area contributed by atoms with E-state index in [-0.39, 0.29) is 0 Å². The lowest BCUT2D eigenvalue weighted by molar-refractivity contribution is 0.719. The molecule has 0 aliphatic carbocycles. The van der Waals surface area contributed by atoms with Crippen LogP contribution in [0.2, 0.25) is 0 Å². The molecule has 1 heteroatoms. The summed E-state index contributed by atoms with van der Waals surface area (Å²) in [7, 11) is -1.58. The van der Waals surface area contributed by atoms with Crippen LogP contribution in [-0.4, -0.2) is 5.66 Å². The highest BCUT2D eigenvalue weighted by atomic mass is 31.2. The summed E-state index contributed by atoms with van der Waals surface area (Å²) in [6, 6.07) is 36.3. The van der Waals surface area contributed by atoms with Gasteiger partial charge in [0.15, 0.2) is 0 Å². The third-order valence-corrected chi connectivity index (χ3v) is 11.9. The van der Waals surface area contributed by atoms with Gasteiger partial charge in [-0.05, 0) is 47.5 Å². The van der Waals surface area contributed by atoms with Crippen molar-refractivity contribution >= 4 is 28.6 Å². The predicted octanol–water partition coefficient (Wildman–Crippen LogP) is 6.51. The second-order valence-electron chi connectivity index (χ2n) is 8.08. The molecule has 28 heavy (non-hydrogen) atoms. The molecule has 0 aromatic heterocycles. The van der Waals surface area contributed by atoms with E-state index in [0.29, 0.717) is 11.6 Å². The third-order valence-electron chi connectivity index (χ3n) is 6.83. The van der Waals surface area contributed by atoms with E-state index in [9.17, 15) is 0 Å². The van der Waals surface area contributed by atoms with Gasteiger partial charge in [0.05, 0.1) is 29.7 Å². The maximum Gasteiger partial charge on any atom is 0.0998 e. The lowest BCUT2D eigenvalue weighted by Crippen LogP contribution is -2.37. The monoisotopic (exact) mass is 381 g/mol. The van der Waals surface area contributed by atoms with Gasteiger partial charge in [-0.1, -0.05) is 79.7 Å². The molecule has 5 rings (SSSR count). The van der Waals surface area contributed by atoms with Crippen molar-refractivity contribution in [2.75, 3.05) is 0 Å². The Morgan fingerprint density at radius 3 is 1.86 bits per heavy atom. The molecule has 4 aromatic rings. The summed E-state index contributed by atoms with van der Waals surface area (Å²) in [4.78, 5) is 0. The van der Waals surface area contributed by atoms with Crippen LogP contribution in [0, 0.1) is 0 Å². The first-order chi connectivity index (χ1) is 13.7. The molecular formula is C27H26P+. The van der Waals surface area contributed by atoms with Crippen LogP contribution in [0.15, 0.2) is 97.1 Å². The summed E-state index contributed by atoms with van der Waals surface area (Å²) in [5.74, 6) is 0.544. The number of hydrogen-bond donors (Lipinski definition) is 0. The van der Waals surface area contributed by atoms with Crippen molar-refractivity contribution in [3.05, 3.63) is 108 Å². The van der Waals surface area contributed by atoms with Crippen LogP contribution < -0.4 is 10.6 Å². The minimum atomic E-state index is -1.58. The van der Waals surface area contributed by atoms with Gasteiger partial charge < -0.3 is 0 Å². The fourth-order valence-corrected chi connectivity index (χ4v) is 10.3. The van der Waals surface area contributed by atoms with E-state index in [1.54, 1.807) is 21.7 Å². The van der Waals surface area contributed by atoms with E-state index in [2.05, 4.69) is 111 Å². The van der Waals surface area contributed by atoms with Crippen LogP contribution in [0.3, 0.4) is 0 Å². The van der Waals surface area contributed by atoms with Crippen LogP contribution >= 0.6 is 7.26 Å².